The predicted octanol–water partition coefficient (Wildman–Crippen LogP) is 3.54. The van der Waals surface area contributed by atoms with Gasteiger partial charge in [0, 0.05) is 23.0 Å². The summed E-state index contributed by atoms with van der Waals surface area (Å²) >= 11 is 12.2. The second-order valence-corrected chi connectivity index (χ2v) is 6.12. The molecule has 1 aromatic carbocycles. The van der Waals surface area contributed by atoms with Crippen LogP contribution in [-0.4, -0.2) is 29.2 Å². The van der Waals surface area contributed by atoms with Crippen LogP contribution in [0.1, 0.15) is 37.2 Å². The summed E-state index contributed by atoms with van der Waals surface area (Å²) in [5.74, 6) is 1.91. The van der Waals surface area contributed by atoms with Gasteiger partial charge in [0.15, 0.2) is 11.8 Å². The highest BCUT2D eigenvalue weighted by Gasteiger charge is 2.12. The number of hydrogen-bond donors (Lipinski definition) is 2. The van der Waals surface area contributed by atoms with E-state index in [1.54, 1.807) is 13.0 Å². The van der Waals surface area contributed by atoms with E-state index in [0.29, 0.717) is 40.7 Å². The maximum atomic E-state index is 6.26. The minimum absolute atomic E-state index is 0.0155. The first kappa shape index (κ1) is 18.5. The van der Waals surface area contributed by atoms with Crippen molar-refractivity contribution in [3.63, 3.8) is 0 Å². The smallest absolute Gasteiger partial charge is 0.228 e. The molecular formula is C16H21Cl2N5O. The maximum absolute atomic E-state index is 6.26. The lowest BCUT2D eigenvalue weighted by Gasteiger charge is -2.19. The Kier molecular flexibility index (Phi) is 6.87. The highest BCUT2D eigenvalue weighted by atomic mass is 35.5. The number of nitrogens with zero attached hydrogens (tertiary/aromatic N) is 3. The van der Waals surface area contributed by atoms with Gasteiger partial charge in [0.2, 0.25) is 5.89 Å². The van der Waals surface area contributed by atoms with Crippen molar-refractivity contribution in [2.45, 2.75) is 33.2 Å². The highest BCUT2D eigenvalue weighted by molar-refractivity contribution is 6.35. The summed E-state index contributed by atoms with van der Waals surface area (Å²) in [6.45, 7) is 7.12. The molecule has 2 N–H and O–H groups in total. The summed E-state index contributed by atoms with van der Waals surface area (Å²) in [5, 5.41) is 11.5. The van der Waals surface area contributed by atoms with Gasteiger partial charge < -0.3 is 15.2 Å². The van der Waals surface area contributed by atoms with Gasteiger partial charge in [0.05, 0.1) is 12.6 Å². The molecule has 1 unspecified atom stereocenters. The van der Waals surface area contributed by atoms with Crippen LogP contribution in [0.3, 0.4) is 0 Å². The largest absolute Gasteiger partial charge is 0.357 e. The van der Waals surface area contributed by atoms with Gasteiger partial charge in [-0.25, -0.2) is 0 Å². The van der Waals surface area contributed by atoms with E-state index < -0.39 is 0 Å². The van der Waals surface area contributed by atoms with E-state index in [4.69, 9.17) is 27.7 Å². The fourth-order valence-corrected chi connectivity index (χ4v) is 2.73. The lowest BCUT2D eigenvalue weighted by Crippen LogP contribution is -2.39. The Morgan fingerprint density at radius 2 is 2.17 bits per heavy atom. The van der Waals surface area contributed by atoms with Crippen molar-refractivity contribution in [1.29, 1.82) is 0 Å². The zero-order valence-electron chi connectivity index (χ0n) is 13.9. The number of nitrogens with one attached hydrogen (secondary N) is 2. The molecule has 0 saturated carbocycles. The monoisotopic (exact) mass is 369 g/mol. The van der Waals surface area contributed by atoms with Gasteiger partial charge in [-0.1, -0.05) is 34.4 Å². The summed E-state index contributed by atoms with van der Waals surface area (Å²) in [4.78, 5) is 8.69. The Morgan fingerprint density at radius 3 is 2.79 bits per heavy atom. The molecule has 0 bridgehead atoms. The van der Waals surface area contributed by atoms with Crippen molar-refractivity contribution in [1.82, 2.24) is 20.8 Å². The van der Waals surface area contributed by atoms with Gasteiger partial charge in [0.1, 0.15) is 0 Å². The van der Waals surface area contributed by atoms with E-state index in [1.165, 1.54) is 0 Å². The lowest BCUT2D eigenvalue weighted by molar-refractivity contribution is 0.376. The second kappa shape index (κ2) is 8.89. The average Bonchev–Trinajstić information content (AvgIpc) is 2.92. The van der Waals surface area contributed by atoms with Crippen molar-refractivity contribution in [3.8, 4) is 0 Å². The molecule has 0 amide bonds. The average molecular weight is 370 g/mol. The van der Waals surface area contributed by atoms with E-state index in [2.05, 4.69) is 25.8 Å². The molecular weight excluding hydrogens is 349 g/mol. The molecule has 1 aromatic heterocycles. The molecule has 130 valence electrons. The van der Waals surface area contributed by atoms with Crippen LogP contribution >= 0.6 is 23.2 Å². The van der Waals surface area contributed by atoms with Crippen LogP contribution in [0.2, 0.25) is 10.0 Å². The van der Waals surface area contributed by atoms with Gasteiger partial charge in [-0.3, -0.25) is 4.99 Å². The normalized spacial score (nSPS) is 13.0. The quantitative estimate of drug-likeness (QED) is 0.601. The summed E-state index contributed by atoms with van der Waals surface area (Å²) < 4.78 is 5.08. The van der Waals surface area contributed by atoms with E-state index in [-0.39, 0.29) is 6.04 Å². The Balaban J connectivity index is 1.99. The van der Waals surface area contributed by atoms with E-state index in [9.17, 15) is 0 Å². The van der Waals surface area contributed by atoms with Crippen LogP contribution in [0.25, 0.3) is 0 Å². The maximum Gasteiger partial charge on any atom is 0.228 e. The molecule has 0 fully saturated rings. The second-order valence-electron chi connectivity index (χ2n) is 5.28. The Labute approximate surface area is 151 Å². The number of aryl methyl sites for hydroxylation is 1. The van der Waals surface area contributed by atoms with Crippen molar-refractivity contribution in [3.05, 3.63) is 45.5 Å². The van der Waals surface area contributed by atoms with E-state index in [1.807, 2.05) is 26.0 Å². The lowest BCUT2D eigenvalue weighted by atomic mass is 10.1. The van der Waals surface area contributed by atoms with Crippen LogP contribution in [0.5, 0.6) is 0 Å². The number of aromatic nitrogens is 2. The standard InChI is InChI=1S/C16H21Cl2N5O/c1-4-19-16(20-8-7-15-22-11(3)23-24-15)21-10(2)13-6-5-12(17)9-14(13)18/h5-6,9-10H,4,7-8H2,1-3H3,(H2,19,20,21). The van der Waals surface area contributed by atoms with Gasteiger partial charge in [0.25, 0.3) is 0 Å². The molecule has 1 heterocycles. The number of rotatable bonds is 6. The summed E-state index contributed by atoms with van der Waals surface area (Å²) in [6.07, 6.45) is 0.591. The van der Waals surface area contributed by atoms with Crippen molar-refractivity contribution in [2.24, 2.45) is 4.99 Å². The first-order chi connectivity index (χ1) is 11.5. The topological polar surface area (TPSA) is 75.3 Å². The zero-order chi connectivity index (χ0) is 17.5. The third kappa shape index (κ3) is 5.39. The Bertz CT molecular complexity index is 702. The van der Waals surface area contributed by atoms with Crippen molar-refractivity contribution in [2.75, 3.05) is 13.1 Å². The minimum atomic E-state index is -0.0155. The molecule has 1 atom stereocenters. The molecule has 0 radical (unpaired) electrons. The molecule has 0 spiro atoms. The first-order valence-corrected chi connectivity index (χ1v) is 8.54. The fraction of sp³-hybridized carbons (Fsp3) is 0.438. The Hall–Kier alpha value is -1.79. The molecule has 0 saturated heterocycles. The first-order valence-electron chi connectivity index (χ1n) is 7.78. The minimum Gasteiger partial charge on any atom is -0.357 e. The fourth-order valence-electron chi connectivity index (χ4n) is 2.16. The van der Waals surface area contributed by atoms with Crippen LogP contribution in [0.4, 0.5) is 0 Å². The molecule has 2 rings (SSSR count). The molecule has 24 heavy (non-hydrogen) atoms. The van der Waals surface area contributed by atoms with Gasteiger partial charge in [-0.2, -0.15) is 4.98 Å². The van der Waals surface area contributed by atoms with E-state index in [0.717, 1.165) is 12.1 Å². The Morgan fingerprint density at radius 1 is 1.38 bits per heavy atom. The number of benzene rings is 1. The summed E-state index contributed by atoms with van der Waals surface area (Å²) in [7, 11) is 0. The molecule has 8 heteroatoms. The summed E-state index contributed by atoms with van der Waals surface area (Å²) in [5.41, 5.74) is 0.958. The van der Waals surface area contributed by atoms with Crippen LogP contribution in [-0.2, 0) is 6.42 Å². The summed E-state index contributed by atoms with van der Waals surface area (Å²) in [6, 6.07) is 5.45. The van der Waals surface area contributed by atoms with Crippen LogP contribution in [0.15, 0.2) is 27.7 Å². The predicted molar refractivity (Wildman–Crippen MR) is 96.7 cm³/mol. The highest BCUT2D eigenvalue weighted by Crippen LogP contribution is 2.25. The molecule has 0 aliphatic carbocycles. The molecule has 0 aliphatic rings. The molecule has 6 nitrogen and oxygen atoms in total. The van der Waals surface area contributed by atoms with Crippen LogP contribution in [0, 0.1) is 6.92 Å². The number of aliphatic imine (C=N–C) groups is 1. The SMILES string of the molecule is CCNC(=NCCc1nc(C)no1)NC(C)c1ccc(Cl)cc1Cl. The van der Waals surface area contributed by atoms with Crippen LogP contribution < -0.4 is 10.6 Å². The van der Waals surface area contributed by atoms with Gasteiger partial charge >= 0.3 is 0 Å². The third-order valence-electron chi connectivity index (χ3n) is 3.29. The molecule has 0 aliphatic heterocycles. The zero-order valence-corrected chi connectivity index (χ0v) is 15.4. The number of hydrogen-bond acceptors (Lipinski definition) is 4. The van der Waals surface area contributed by atoms with Crippen molar-refractivity contribution >= 4 is 29.2 Å². The van der Waals surface area contributed by atoms with Gasteiger partial charge in [-0.05, 0) is 38.5 Å². The van der Waals surface area contributed by atoms with Crippen molar-refractivity contribution < 1.29 is 4.52 Å². The molecule has 2 aromatic rings. The van der Waals surface area contributed by atoms with E-state index >= 15 is 0 Å². The third-order valence-corrected chi connectivity index (χ3v) is 3.85. The number of halogens is 2. The number of guanidine groups is 1. The van der Waals surface area contributed by atoms with Gasteiger partial charge in [-0.15, -0.1) is 0 Å².